The SMILES string of the molecule is CCCCOC(=O)N=NC(=O)O[SiH](CC)CC. The number of ether oxygens (including phenoxy) is 1. The van der Waals surface area contributed by atoms with Gasteiger partial charge in [0.1, 0.15) is 0 Å². The molecule has 0 N–H and O–H groups in total. The summed E-state index contributed by atoms with van der Waals surface area (Å²) >= 11 is 0. The number of unbranched alkanes of at least 4 members (excludes halogenated alkanes) is 1. The number of rotatable bonds is 6. The van der Waals surface area contributed by atoms with Crippen LogP contribution in [-0.2, 0) is 9.16 Å². The minimum Gasteiger partial charge on any atom is -0.504 e. The van der Waals surface area contributed by atoms with Crippen LogP contribution in [0.25, 0.3) is 0 Å². The van der Waals surface area contributed by atoms with E-state index in [9.17, 15) is 9.59 Å². The normalized spacial score (nSPS) is 10.8. The molecular formula is C10H20N2O4Si. The minimum atomic E-state index is -1.50. The third-order valence-electron chi connectivity index (χ3n) is 2.11. The lowest BCUT2D eigenvalue weighted by Crippen LogP contribution is -2.18. The summed E-state index contributed by atoms with van der Waals surface area (Å²) in [5, 5.41) is 6.29. The van der Waals surface area contributed by atoms with Gasteiger partial charge in [0.05, 0.1) is 6.61 Å². The summed E-state index contributed by atoms with van der Waals surface area (Å²) in [6, 6.07) is 1.69. The Labute approximate surface area is 103 Å². The molecule has 0 aromatic rings. The maximum Gasteiger partial charge on any atom is 0.452 e. The highest BCUT2D eigenvalue weighted by Crippen LogP contribution is 2.02. The van der Waals surface area contributed by atoms with Crippen LogP contribution < -0.4 is 0 Å². The molecule has 0 heterocycles. The van der Waals surface area contributed by atoms with Crippen LogP contribution in [0.15, 0.2) is 10.2 Å². The largest absolute Gasteiger partial charge is 0.504 e. The zero-order valence-corrected chi connectivity index (χ0v) is 11.8. The molecule has 0 aliphatic carbocycles. The molecule has 0 aromatic carbocycles. The van der Waals surface area contributed by atoms with E-state index >= 15 is 0 Å². The molecule has 0 radical (unpaired) electrons. The third kappa shape index (κ3) is 8.55. The average molecular weight is 260 g/mol. The number of hydrogen-bond donors (Lipinski definition) is 0. The molecule has 0 spiro atoms. The number of carbonyl (C=O) groups is 2. The van der Waals surface area contributed by atoms with Crippen molar-refractivity contribution in [1.82, 2.24) is 0 Å². The van der Waals surface area contributed by atoms with Crippen LogP contribution in [0.3, 0.4) is 0 Å². The van der Waals surface area contributed by atoms with Gasteiger partial charge in [-0.15, -0.1) is 0 Å². The molecule has 0 aliphatic rings. The van der Waals surface area contributed by atoms with Crippen LogP contribution in [0.4, 0.5) is 9.59 Å². The standard InChI is InChI=1S/C10H20N2O4Si/c1-4-7-8-15-9(13)11-12-10(14)16-17(5-2)6-3/h17H,4-8H2,1-3H3. The van der Waals surface area contributed by atoms with Crippen molar-refractivity contribution in [3.63, 3.8) is 0 Å². The van der Waals surface area contributed by atoms with Crippen molar-refractivity contribution in [2.75, 3.05) is 6.61 Å². The first kappa shape index (κ1) is 15.8. The van der Waals surface area contributed by atoms with Crippen LogP contribution in [0.1, 0.15) is 33.6 Å². The third-order valence-corrected chi connectivity index (χ3v) is 4.47. The van der Waals surface area contributed by atoms with Gasteiger partial charge in [-0.2, -0.15) is 0 Å². The van der Waals surface area contributed by atoms with Crippen molar-refractivity contribution >= 4 is 21.2 Å². The van der Waals surface area contributed by atoms with Crippen molar-refractivity contribution in [3.05, 3.63) is 0 Å². The number of azo groups is 1. The Bertz CT molecular complexity index is 267. The fraction of sp³-hybridized carbons (Fsp3) is 0.800. The second-order valence-electron chi connectivity index (χ2n) is 3.49. The zero-order valence-electron chi connectivity index (χ0n) is 10.6. The van der Waals surface area contributed by atoms with Gasteiger partial charge in [-0.1, -0.05) is 37.4 Å². The van der Waals surface area contributed by atoms with E-state index in [-0.39, 0.29) is 0 Å². The number of nitrogens with zero attached hydrogens (tertiary/aromatic N) is 2. The summed E-state index contributed by atoms with van der Waals surface area (Å²) in [4.78, 5) is 22.1. The van der Waals surface area contributed by atoms with E-state index in [0.29, 0.717) is 6.61 Å². The average Bonchev–Trinajstić information content (AvgIpc) is 2.33. The van der Waals surface area contributed by atoms with Crippen LogP contribution in [0.5, 0.6) is 0 Å². The van der Waals surface area contributed by atoms with Gasteiger partial charge in [-0.3, -0.25) is 0 Å². The lowest BCUT2D eigenvalue weighted by molar-refractivity contribution is 0.152. The molecule has 0 unspecified atom stereocenters. The predicted molar refractivity (Wildman–Crippen MR) is 65.7 cm³/mol. The highest BCUT2D eigenvalue weighted by molar-refractivity contribution is 6.53. The molecule has 7 heteroatoms. The summed E-state index contributed by atoms with van der Waals surface area (Å²) in [7, 11) is -1.50. The first-order chi connectivity index (χ1) is 8.13. The Hall–Kier alpha value is -1.24. The van der Waals surface area contributed by atoms with Gasteiger partial charge in [0, 0.05) is 0 Å². The van der Waals surface area contributed by atoms with E-state index < -0.39 is 21.2 Å². The molecule has 0 atom stereocenters. The number of carbonyl (C=O) groups excluding carboxylic acids is 2. The van der Waals surface area contributed by atoms with E-state index in [2.05, 4.69) is 10.2 Å². The Balaban J connectivity index is 3.89. The molecular weight excluding hydrogens is 240 g/mol. The summed E-state index contributed by atoms with van der Waals surface area (Å²) in [6.07, 6.45) is 0.0541. The van der Waals surface area contributed by atoms with E-state index in [1.807, 2.05) is 20.8 Å². The van der Waals surface area contributed by atoms with Gasteiger partial charge in [-0.05, 0) is 18.5 Å². The topological polar surface area (TPSA) is 77.3 Å². The molecule has 6 nitrogen and oxygen atoms in total. The molecule has 0 rings (SSSR count). The second kappa shape index (κ2) is 9.95. The van der Waals surface area contributed by atoms with Crippen LogP contribution in [0.2, 0.25) is 12.1 Å². The maximum absolute atomic E-state index is 11.1. The van der Waals surface area contributed by atoms with Gasteiger partial charge < -0.3 is 9.16 Å². The molecule has 0 saturated carbocycles. The smallest absolute Gasteiger partial charge is 0.452 e. The predicted octanol–water partition coefficient (Wildman–Crippen LogP) is 3.28. The molecule has 0 aromatic heterocycles. The molecule has 0 aliphatic heterocycles. The van der Waals surface area contributed by atoms with Crippen LogP contribution in [-0.4, -0.2) is 27.8 Å². The van der Waals surface area contributed by atoms with Crippen LogP contribution >= 0.6 is 0 Å². The lowest BCUT2D eigenvalue weighted by Gasteiger charge is -2.08. The molecule has 2 amide bonds. The fourth-order valence-electron chi connectivity index (χ4n) is 1.04. The summed E-state index contributed by atoms with van der Waals surface area (Å²) < 4.78 is 9.75. The van der Waals surface area contributed by atoms with Gasteiger partial charge in [-0.25, -0.2) is 9.59 Å². The summed E-state index contributed by atoms with van der Waals surface area (Å²) in [5.41, 5.74) is 0. The van der Waals surface area contributed by atoms with Crippen molar-refractivity contribution in [1.29, 1.82) is 0 Å². The van der Waals surface area contributed by atoms with Crippen molar-refractivity contribution in [2.45, 2.75) is 45.7 Å². The highest BCUT2D eigenvalue weighted by Gasteiger charge is 2.12. The number of hydrogen-bond acceptors (Lipinski definition) is 4. The quantitative estimate of drug-likeness (QED) is 0.417. The van der Waals surface area contributed by atoms with Crippen molar-refractivity contribution < 1.29 is 18.8 Å². The van der Waals surface area contributed by atoms with Crippen molar-refractivity contribution in [2.24, 2.45) is 10.2 Å². The molecule has 0 fully saturated rings. The van der Waals surface area contributed by atoms with E-state index in [0.717, 1.165) is 24.9 Å². The minimum absolute atomic E-state index is 0.296. The van der Waals surface area contributed by atoms with Gasteiger partial charge in [0.25, 0.3) is 0 Å². The van der Waals surface area contributed by atoms with Gasteiger partial charge >= 0.3 is 12.2 Å². The Morgan fingerprint density at radius 2 is 1.65 bits per heavy atom. The molecule has 98 valence electrons. The van der Waals surface area contributed by atoms with E-state index in [1.54, 1.807) is 0 Å². The van der Waals surface area contributed by atoms with Gasteiger partial charge in [0.2, 0.25) is 9.04 Å². The second-order valence-corrected chi connectivity index (χ2v) is 6.60. The lowest BCUT2D eigenvalue weighted by atomic mass is 10.4. The zero-order chi connectivity index (χ0) is 13.1. The molecule has 0 saturated heterocycles. The molecule has 0 bridgehead atoms. The van der Waals surface area contributed by atoms with Crippen molar-refractivity contribution in [3.8, 4) is 0 Å². The monoisotopic (exact) mass is 260 g/mol. The van der Waals surface area contributed by atoms with E-state index in [4.69, 9.17) is 9.16 Å². The Kier molecular flexibility index (Phi) is 9.22. The highest BCUT2D eigenvalue weighted by atomic mass is 28.3. The Morgan fingerprint density at radius 1 is 1.06 bits per heavy atom. The summed E-state index contributed by atoms with van der Waals surface area (Å²) in [5.74, 6) is 0. The first-order valence-electron chi connectivity index (χ1n) is 5.93. The fourth-order valence-corrected chi connectivity index (χ4v) is 2.28. The maximum atomic E-state index is 11.1. The Morgan fingerprint density at radius 3 is 2.18 bits per heavy atom. The van der Waals surface area contributed by atoms with Crippen LogP contribution in [0, 0.1) is 0 Å². The first-order valence-corrected chi connectivity index (χ1v) is 8.03. The number of amides is 2. The van der Waals surface area contributed by atoms with Gasteiger partial charge in [0.15, 0.2) is 0 Å². The summed E-state index contributed by atoms with van der Waals surface area (Å²) in [6.45, 7) is 6.20. The molecule has 17 heavy (non-hydrogen) atoms. The van der Waals surface area contributed by atoms with E-state index in [1.165, 1.54) is 0 Å².